The fourth-order valence-electron chi connectivity index (χ4n) is 1.26. The quantitative estimate of drug-likeness (QED) is 0.761. The van der Waals surface area contributed by atoms with E-state index >= 15 is 0 Å². The lowest BCUT2D eigenvalue weighted by Crippen LogP contribution is -2.09. The molecule has 0 saturated carbocycles. The van der Waals surface area contributed by atoms with Gasteiger partial charge in [-0.25, -0.2) is 0 Å². The second kappa shape index (κ2) is 6.64. The van der Waals surface area contributed by atoms with Crippen LogP contribution in [0, 0.1) is 0 Å². The molecule has 84 valence electrons. The lowest BCUT2D eigenvalue weighted by molar-refractivity contribution is 0.287. The third-order valence-electron chi connectivity index (χ3n) is 1.96. The predicted octanol–water partition coefficient (Wildman–Crippen LogP) is 2.80. The van der Waals surface area contributed by atoms with Crippen molar-refractivity contribution in [1.82, 2.24) is 5.32 Å². The van der Waals surface area contributed by atoms with Gasteiger partial charge in [-0.15, -0.1) is 0 Å². The van der Waals surface area contributed by atoms with Crippen molar-refractivity contribution in [2.24, 2.45) is 0 Å². The number of halogens is 2. The Morgan fingerprint density at radius 1 is 1.47 bits per heavy atom. The minimum absolute atomic E-state index is 0.359. The second-order valence-corrected chi connectivity index (χ2v) is 3.55. The Morgan fingerprint density at radius 3 is 2.93 bits per heavy atom. The molecule has 0 radical (unpaired) electrons. The maximum atomic E-state index is 11.9. The normalized spacial score (nSPS) is 10.3. The van der Waals surface area contributed by atoms with Crippen LogP contribution in [0.5, 0.6) is 5.75 Å². The van der Waals surface area contributed by atoms with Crippen molar-refractivity contribution in [2.75, 3.05) is 20.3 Å². The van der Waals surface area contributed by atoms with E-state index in [-0.39, 0.29) is 6.67 Å². The first-order valence-corrected chi connectivity index (χ1v) is 5.28. The van der Waals surface area contributed by atoms with Gasteiger partial charge in [0.2, 0.25) is 0 Å². The fraction of sp³-hybridized carbons (Fsp3) is 0.455. The molecule has 0 aliphatic carbocycles. The average molecular weight is 232 g/mol. The summed E-state index contributed by atoms with van der Waals surface area (Å²) in [4.78, 5) is 0. The molecule has 2 nitrogen and oxygen atoms in total. The van der Waals surface area contributed by atoms with Crippen molar-refractivity contribution in [3.63, 3.8) is 0 Å². The highest BCUT2D eigenvalue weighted by Gasteiger charge is 2.06. The monoisotopic (exact) mass is 231 g/mol. The number of hydrogen-bond donors (Lipinski definition) is 1. The average Bonchev–Trinajstić information content (AvgIpc) is 2.23. The molecule has 0 aromatic heterocycles. The van der Waals surface area contributed by atoms with Crippen LogP contribution in [0.2, 0.25) is 5.02 Å². The van der Waals surface area contributed by atoms with Crippen LogP contribution >= 0.6 is 11.6 Å². The van der Waals surface area contributed by atoms with Gasteiger partial charge in [0.1, 0.15) is 5.75 Å². The van der Waals surface area contributed by atoms with Crippen LogP contribution in [-0.4, -0.2) is 20.3 Å². The topological polar surface area (TPSA) is 21.3 Å². The maximum absolute atomic E-state index is 11.9. The largest absolute Gasteiger partial charge is 0.493 e. The second-order valence-electron chi connectivity index (χ2n) is 3.14. The first-order valence-electron chi connectivity index (χ1n) is 4.90. The maximum Gasteiger partial charge on any atom is 0.125 e. The number of alkyl halides is 1. The van der Waals surface area contributed by atoms with Crippen LogP contribution in [0.15, 0.2) is 18.2 Å². The summed E-state index contributed by atoms with van der Waals surface area (Å²) in [7, 11) is 1.84. The van der Waals surface area contributed by atoms with Crippen molar-refractivity contribution in [3.05, 3.63) is 28.8 Å². The molecule has 0 saturated heterocycles. The Kier molecular flexibility index (Phi) is 5.43. The molecule has 0 unspecified atom stereocenters. The zero-order chi connectivity index (χ0) is 11.1. The van der Waals surface area contributed by atoms with E-state index < -0.39 is 0 Å². The summed E-state index contributed by atoms with van der Waals surface area (Å²) >= 11 is 6.03. The van der Waals surface area contributed by atoms with Crippen LogP contribution < -0.4 is 10.1 Å². The van der Waals surface area contributed by atoms with Gasteiger partial charge in [-0.05, 0) is 19.2 Å². The van der Waals surface area contributed by atoms with E-state index in [1.807, 2.05) is 25.2 Å². The molecule has 0 bridgehead atoms. The van der Waals surface area contributed by atoms with E-state index in [0.717, 1.165) is 11.3 Å². The fourth-order valence-corrected chi connectivity index (χ4v) is 1.49. The van der Waals surface area contributed by atoms with E-state index in [1.54, 1.807) is 0 Å². The van der Waals surface area contributed by atoms with Gasteiger partial charge >= 0.3 is 0 Å². The van der Waals surface area contributed by atoms with Crippen LogP contribution in [0.3, 0.4) is 0 Å². The first kappa shape index (κ1) is 12.3. The van der Waals surface area contributed by atoms with Crippen molar-refractivity contribution in [3.8, 4) is 5.75 Å². The van der Waals surface area contributed by atoms with E-state index in [2.05, 4.69) is 5.32 Å². The zero-order valence-electron chi connectivity index (χ0n) is 8.72. The first-order chi connectivity index (χ1) is 7.29. The molecule has 0 aliphatic rings. The van der Waals surface area contributed by atoms with Crippen molar-refractivity contribution >= 4 is 11.6 Å². The SMILES string of the molecule is CNCc1c(Cl)cccc1OCCCF. The van der Waals surface area contributed by atoms with Crippen LogP contribution in [0.25, 0.3) is 0 Å². The van der Waals surface area contributed by atoms with Gasteiger partial charge in [0.05, 0.1) is 13.3 Å². The minimum atomic E-state index is -0.359. The summed E-state index contributed by atoms with van der Waals surface area (Å²) in [5.74, 6) is 0.727. The Balaban J connectivity index is 2.71. The lowest BCUT2D eigenvalue weighted by Gasteiger charge is -2.11. The molecule has 1 N–H and O–H groups in total. The third-order valence-corrected chi connectivity index (χ3v) is 2.32. The summed E-state index contributed by atoms with van der Waals surface area (Å²) in [5.41, 5.74) is 0.917. The zero-order valence-corrected chi connectivity index (χ0v) is 9.48. The van der Waals surface area contributed by atoms with Gasteiger partial charge < -0.3 is 10.1 Å². The molecule has 15 heavy (non-hydrogen) atoms. The molecule has 0 aliphatic heterocycles. The van der Waals surface area contributed by atoms with Gasteiger partial charge in [0.15, 0.2) is 0 Å². The lowest BCUT2D eigenvalue weighted by atomic mass is 10.2. The summed E-state index contributed by atoms with van der Waals surface area (Å²) in [6, 6.07) is 5.49. The number of nitrogens with one attached hydrogen (secondary N) is 1. The van der Waals surface area contributed by atoms with Crippen molar-refractivity contribution in [2.45, 2.75) is 13.0 Å². The highest BCUT2D eigenvalue weighted by atomic mass is 35.5. The van der Waals surface area contributed by atoms with Gasteiger partial charge in [-0.2, -0.15) is 0 Å². The Bertz CT molecular complexity index is 307. The summed E-state index contributed by atoms with van der Waals surface area (Å²) in [6.45, 7) is 0.667. The molecule has 4 heteroatoms. The van der Waals surface area contributed by atoms with Crippen LogP contribution in [-0.2, 0) is 6.54 Å². The molecule has 1 aromatic rings. The Hall–Kier alpha value is -0.800. The summed E-state index contributed by atoms with van der Waals surface area (Å²) in [5, 5.41) is 3.69. The van der Waals surface area contributed by atoms with Gasteiger partial charge in [-0.1, -0.05) is 17.7 Å². The Labute approximate surface area is 94.4 Å². The summed E-state index contributed by atoms with van der Waals surface area (Å²) in [6.07, 6.45) is 0.408. The number of benzene rings is 1. The predicted molar refractivity (Wildman–Crippen MR) is 60.3 cm³/mol. The highest BCUT2D eigenvalue weighted by molar-refractivity contribution is 6.31. The number of ether oxygens (including phenoxy) is 1. The molecule has 0 fully saturated rings. The van der Waals surface area contributed by atoms with Gasteiger partial charge in [0.25, 0.3) is 0 Å². The molecular formula is C11H15ClFNO. The van der Waals surface area contributed by atoms with Crippen LogP contribution in [0.4, 0.5) is 4.39 Å². The highest BCUT2D eigenvalue weighted by Crippen LogP contribution is 2.26. The van der Waals surface area contributed by atoms with Crippen molar-refractivity contribution in [1.29, 1.82) is 0 Å². The number of rotatable bonds is 6. The smallest absolute Gasteiger partial charge is 0.125 e. The molecule has 1 aromatic carbocycles. The van der Waals surface area contributed by atoms with Crippen molar-refractivity contribution < 1.29 is 9.13 Å². The van der Waals surface area contributed by atoms with E-state index in [0.29, 0.717) is 24.6 Å². The Morgan fingerprint density at radius 2 is 2.27 bits per heavy atom. The molecule has 1 rings (SSSR count). The molecular weight excluding hydrogens is 217 g/mol. The molecule has 0 spiro atoms. The summed E-state index contributed by atoms with van der Waals surface area (Å²) < 4.78 is 17.4. The number of hydrogen-bond acceptors (Lipinski definition) is 2. The standard InChI is InChI=1S/C11H15ClFNO/c1-14-8-9-10(12)4-2-5-11(9)15-7-3-6-13/h2,4-5,14H,3,6-8H2,1H3. The van der Waals surface area contributed by atoms with Crippen LogP contribution in [0.1, 0.15) is 12.0 Å². The third kappa shape index (κ3) is 3.68. The van der Waals surface area contributed by atoms with E-state index in [4.69, 9.17) is 16.3 Å². The molecule has 0 atom stereocenters. The van der Waals surface area contributed by atoms with E-state index in [1.165, 1.54) is 0 Å². The molecule has 0 amide bonds. The van der Waals surface area contributed by atoms with E-state index in [9.17, 15) is 4.39 Å². The van der Waals surface area contributed by atoms with Gasteiger partial charge in [-0.3, -0.25) is 4.39 Å². The molecule has 0 heterocycles. The minimum Gasteiger partial charge on any atom is -0.493 e. The van der Waals surface area contributed by atoms with Gasteiger partial charge in [0, 0.05) is 23.6 Å².